The summed E-state index contributed by atoms with van der Waals surface area (Å²) in [5.74, 6) is 6.45. The highest BCUT2D eigenvalue weighted by atomic mass is 127. The number of aryl methyl sites for hydroxylation is 1. The van der Waals surface area contributed by atoms with Crippen LogP contribution in [-0.4, -0.2) is 34.3 Å². The van der Waals surface area contributed by atoms with Crippen LogP contribution < -0.4 is 21.3 Å². The van der Waals surface area contributed by atoms with Gasteiger partial charge in [0.2, 0.25) is 0 Å². The maximum Gasteiger partial charge on any atom is 0.274 e. The van der Waals surface area contributed by atoms with Crippen LogP contribution >= 0.6 is 22.6 Å². The van der Waals surface area contributed by atoms with E-state index in [-0.39, 0.29) is 21.2 Å². The lowest BCUT2D eigenvalue weighted by atomic mass is 10.0. The van der Waals surface area contributed by atoms with Crippen molar-refractivity contribution < 1.29 is 9.53 Å². The number of hydrogen-bond acceptors (Lipinski definition) is 7. The number of ether oxygens (including phenoxy) is 1. The smallest absolute Gasteiger partial charge is 0.274 e. The van der Waals surface area contributed by atoms with E-state index >= 15 is 0 Å². The Labute approximate surface area is 284 Å². The SMILES string of the molecule is CC(I)Oc1ccc(-c2cnc(N)c(C(=O)NC(C)c3cc4cccc(C#Cc5cnn(C)c5)c4c(=O)n3-c3ccccc3)n2)cc1. The van der Waals surface area contributed by atoms with Gasteiger partial charge >= 0.3 is 0 Å². The largest absolute Gasteiger partial charge is 0.480 e. The number of amides is 1. The first kappa shape index (κ1) is 31.5. The van der Waals surface area contributed by atoms with E-state index < -0.39 is 11.9 Å². The van der Waals surface area contributed by atoms with Crippen LogP contribution in [0.5, 0.6) is 5.75 Å². The van der Waals surface area contributed by atoms with Crippen LogP contribution in [0.25, 0.3) is 27.7 Å². The number of nitrogens with zero attached hydrogens (tertiary/aromatic N) is 5. The van der Waals surface area contributed by atoms with Crippen molar-refractivity contribution in [2.75, 3.05) is 5.73 Å². The van der Waals surface area contributed by atoms with Gasteiger partial charge < -0.3 is 15.8 Å². The molecule has 2 atom stereocenters. The number of nitrogens with one attached hydrogen (secondary N) is 1. The van der Waals surface area contributed by atoms with Crippen LogP contribution in [-0.2, 0) is 7.05 Å². The molecule has 3 N–H and O–H groups in total. The van der Waals surface area contributed by atoms with Crippen molar-refractivity contribution in [1.82, 2.24) is 29.6 Å². The van der Waals surface area contributed by atoms with Crippen molar-refractivity contribution >= 4 is 45.1 Å². The number of nitrogen functional groups attached to an aromatic ring is 1. The Morgan fingerprint density at radius 3 is 2.47 bits per heavy atom. The molecule has 0 saturated heterocycles. The zero-order valence-corrected chi connectivity index (χ0v) is 28.0. The molecule has 6 aromatic rings. The Kier molecular flexibility index (Phi) is 9.03. The predicted octanol–water partition coefficient (Wildman–Crippen LogP) is 5.81. The van der Waals surface area contributed by atoms with E-state index in [9.17, 15) is 9.59 Å². The van der Waals surface area contributed by atoms with Crippen LogP contribution in [0.2, 0.25) is 0 Å². The first-order chi connectivity index (χ1) is 22.7. The molecular formula is C36H30IN7O3. The second kappa shape index (κ2) is 13.5. The normalized spacial score (nSPS) is 12.2. The minimum atomic E-state index is -0.624. The summed E-state index contributed by atoms with van der Waals surface area (Å²) >= 11 is 2.18. The molecule has 0 aliphatic rings. The van der Waals surface area contributed by atoms with Gasteiger partial charge in [0.1, 0.15) is 9.86 Å². The zero-order chi connectivity index (χ0) is 33.1. The first-order valence-corrected chi connectivity index (χ1v) is 16.0. The number of carbonyl (C=O) groups is 1. The topological polar surface area (TPSA) is 130 Å². The third-order valence-electron chi connectivity index (χ3n) is 7.39. The molecule has 0 aliphatic carbocycles. The molecule has 234 valence electrons. The minimum Gasteiger partial charge on any atom is -0.480 e. The van der Waals surface area contributed by atoms with E-state index in [1.807, 2.05) is 106 Å². The van der Waals surface area contributed by atoms with Gasteiger partial charge in [-0.05, 0) is 90.4 Å². The molecular weight excluding hydrogens is 705 g/mol. The molecule has 11 heteroatoms. The van der Waals surface area contributed by atoms with Crippen LogP contribution in [0.1, 0.15) is 47.2 Å². The summed E-state index contributed by atoms with van der Waals surface area (Å²) in [5.41, 5.74) is 9.66. The number of halogens is 1. The summed E-state index contributed by atoms with van der Waals surface area (Å²) in [7, 11) is 1.82. The van der Waals surface area contributed by atoms with Crippen LogP contribution in [0.3, 0.4) is 0 Å². The number of fused-ring (bicyclic) bond motifs is 1. The quantitative estimate of drug-likeness (QED) is 0.120. The van der Waals surface area contributed by atoms with Crippen LogP contribution in [0.15, 0.2) is 102 Å². The van der Waals surface area contributed by atoms with Gasteiger partial charge in [-0.3, -0.25) is 18.8 Å². The summed E-state index contributed by atoms with van der Waals surface area (Å²) in [6, 6.07) is 23.5. The highest BCUT2D eigenvalue weighted by Gasteiger charge is 2.22. The summed E-state index contributed by atoms with van der Waals surface area (Å²) < 4.78 is 9.01. The van der Waals surface area contributed by atoms with Gasteiger partial charge in [0.25, 0.3) is 11.5 Å². The number of carbonyl (C=O) groups excluding carboxylic acids is 1. The number of para-hydroxylation sites is 1. The van der Waals surface area contributed by atoms with E-state index in [1.165, 1.54) is 6.20 Å². The number of nitrogens with two attached hydrogens (primary N) is 1. The molecule has 6 rings (SSSR count). The van der Waals surface area contributed by atoms with E-state index in [0.29, 0.717) is 33.4 Å². The van der Waals surface area contributed by atoms with E-state index in [2.05, 4.69) is 54.8 Å². The second-order valence-electron chi connectivity index (χ2n) is 10.8. The standard InChI is InChI=1S/C36H30IN7O3/c1-22(41-35(45)33-34(38)39-20-30(42-33)25-14-16-29(17-15-25)47-23(2)37)31-18-27-9-7-8-26(13-12-24-19-40-43(3)21-24)32(27)36(46)44(31)28-10-5-4-6-11-28/h4-11,14-23H,1-3H3,(H2,38,39)(H,41,45). The van der Waals surface area contributed by atoms with E-state index in [0.717, 1.165) is 16.9 Å². The Hall–Kier alpha value is -5.48. The number of aromatic nitrogens is 5. The number of alkyl halides is 1. The predicted molar refractivity (Wildman–Crippen MR) is 191 cm³/mol. The lowest BCUT2D eigenvalue weighted by molar-refractivity contribution is 0.0934. The van der Waals surface area contributed by atoms with Crippen molar-refractivity contribution in [3.63, 3.8) is 0 Å². The molecule has 1 amide bonds. The maximum absolute atomic E-state index is 14.3. The molecule has 0 bridgehead atoms. The molecule has 10 nitrogen and oxygen atoms in total. The second-order valence-corrected chi connectivity index (χ2v) is 12.6. The monoisotopic (exact) mass is 735 g/mol. The number of anilines is 1. The molecule has 0 fully saturated rings. The van der Waals surface area contributed by atoms with Gasteiger partial charge in [-0.1, -0.05) is 42.2 Å². The van der Waals surface area contributed by atoms with Crippen molar-refractivity contribution in [2.24, 2.45) is 7.05 Å². The van der Waals surface area contributed by atoms with Crippen LogP contribution in [0.4, 0.5) is 5.82 Å². The number of hydrogen-bond donors (Lipinski definition) is 2. The third-order valence-corrected chi connectivity index (χ3v) is 7.65. The van der Waals surface area contributed by atoms with Gasteiger partial charge in [0.15, 0.2) is 11.5 Å². The fourth-order valence-electron chi connectivity index (χ4n) is 5.21. The van der Waals surface area contributed by atoms with Crippen LogP contribution in [0, 0.1) is 11.8 Å². The highest BCUT2D eigenvalue weighted by Crippen LogP contribution is 2.26. The molecule has 0 spiro atoms. The van der Waals surface area contributed by atoms with Gasteiger partial charge in [0, 0.05) is 35.8 Å². The molecule has 3 aromatic carbocycles. The Morgan fingerprint density at radius 1 is 1.00 bits per heavy atom. The lowest BCUT2D eigenvalue weighted by Crippen LogP contribution is -2.33. The Morgan fingerprint density at radius 2 is 1.77 bits per heavy atom. The van der Waals surface area contributed by atoms with Crippen molar-refractivity contribution in [3.8, 4) is 34.5 Å². The number of benzene rings is 3. The van der Waals surface area contributed by atoms with Crippen molar-refractivity contribution in [1.29, 1.82) is 0 Å². The van der Waals surface area contributed by atoms with E-state index in [4.69, 9.17) is 10.5 Å². The molecule has 2 unspecified atom stereocenters. The lowest BCUT2D eigenvalue weighted by Gasteiger charge is -2.21. The van der Waals surface area contributed by atoms with Gasteiger partial charge in [-0.15, -0.1) is 0 Å². The summed E-state index contributed by atoms with van der Waals surface area (Å²) in [5, 5.41) is 8.33. The molecule has 0 radical (unpaired) electrons. The highest BCUT2D eigenvalue weighted by molar-refractivity contribution is 14.1. The average Bonchev–Trinajstić information content (AvgIpc) is 3.49. The fourth-order valence-corrected chi connectivity index (χ4v) is 5.50. The number of pyridine rings is 1. The molecule has 0 saturated carbocycles. The van der Waals surface area contributed by atoms with Gasteiger partial charge in [0.05, 0.1) is 35.1 Å². The molecule has 47 heavy (non-hydrogen) atoms. The fraction of sp³-hybridized carbons (Fsp3) is 0.139. The maximum atomic E-state index is 14.3. The molecule has 0 aliphatic heterocycles. The zero-order valence-electron chi connectivity index (χ0n) is 25.8. The van der Waals surface area contributed by atoms with Gasteiger partial charge in [-0.25, -0.2) is 9.97 Å². The first-order valence-electron chi connectivity index (χ1n) is 14.8. The van der Waals surface area contributed by atoms with E-state index in [1.54, 1.807) is 15.4 Å². The Bertz CT molecular complexity index is 2220. The summed E-state index contributed by atoms with van der Waals surface area (Å²) in [4.78, 5) is 36.8. The summed E-state index contributed by atoms with van der Waals surface area (Å²) in [6.45, 7) is 3.75. The molecule has 3 heterocycles. The summed E-state index contributed by atoms with van der Waals surface area (Å²) in [6.07, 6.45) is 5.01. The van der Waals surface area contributed by atoms with Crippen molar-refractivity contribution in [2.45, 2.75) is 24.0 Å². The van der Waals surface area contributed by atoms with Gasteiger partial charge in [-0.2, -0.15) is 5.10 Å². The average molecular weight is 736 g/mol. The third kappa shape index (κ3) is 6.87. The minimum absolute atomic E-state index is 0.00654. The number of rotatable bonds is 7. The molecule has 3 aromatic heterocycles. The Balaban J connectivity index is 1.37. The van der Waals surface area contributed by atoms with Crippen molar-refractivity contribution in [3.05, 3.63) is 130 Å².